The minimum Gasteiger partial charge on any atom is -0.495 e. The Kier molecular flexibility index (Phi) is 4.92. The molecule has 3 nitrogen and oxygen atoms in total. The van der Waals surface area contributed by atoms with Crippen LogP contribution in [0.2, 0.25) is 0 Å². The first-order valence-corrected chi connectivity index (χ1v) is 7.61. The highest BCUT2D eigenvalue weighted by Gasteiger charge is 2.21. The van der Waals surface area contributed by atoms with Gasteiger partial charge >= 0.3 is 0 Å². The quantitative estimate of drug-likeness (QED) is 0.851. The Morgan fingerprint density at radius 3 is 2.72 bits per heavy atom. The van der Waals surface area contributed by atoms with Crippen LogP contribution in [0.3, 0.4) is 0 Å². The highest BCUT2D eigenvalue weighted by molar-refractivity contribution is 9.11. The van der Waals surface area contributed by atoms with Crippen LogP contribution in [-0.2, 0) is 4.74 Å². The van der Waals surface area contributed by atoms with Gasteiger partial charge in [-0.3, -0.25) is 0 Å². The van der Waals surface area contributed by atoms with Gasteiger partial charge in [0, 0.05) is 17.1 Å². The lowest BCUT2D eigenvalue weighted by molar-refractivity contribution is 0.0637. The summed E-state index contributed by atoms with van der Waals surface area (Å²) in [7, 11) is 1.67. The topological polar surface area (TPSA) is 30.5 Å². The first-order chi connectivity index (χ1) is 8.60. The number of hydrogen-bond acceptors (Lipinski definition) is 3. The second kappa shape index (κ2) is 6.26. The van der Waals surface area contributed by atoms with Gasteiger partial charge in [0.05, 0.1) is 29.5 Å². The Hall–Kier alpha value is -0.260. The van der Waals surface area contributed by atoms with Crippen molar-refractivity contribution < 1.29 is 9.47 Å². The van der Waals surface area contributed by atoms with Gasteiger partial charge in [-0.15, -0.1) is 0 Å². The number of anilines is 1. The fourth-order valence-electron chi connectivity index (χ4n) is 2.08. The second-order valence-corrected chi connectivity index (χ2v) is 6.20. The molecule has 5 heteroatoms. The molecule has 1 aromatic rings. The largest absolute Gasteiger partial charge is 0.495 e. The fourth-order valence-corrected chi connectivity index (χ4v) is 3.38. The summed E-state index contributed by atoms with van der Waals surface area (Å²) in [4.78, 5) is 0. The molecule has 1 heterocycles. The van der Waals surface area contributed by atoms with Crippen LogP contribution in [0.4, 0.5) is 5.69 Å². The Morgan fingerprint density at radius 2 is 2.11 bits per heavy atom. The minimum atomic E-state index is 0.307. The molecule has 100 valence electrons. The number of ether oxygens (including phenoxy) is 2. The van der Waals surface area contributed by atoms with E-state index in [2.05, 4.69) is 44.1 Å². The molecule has 0 bridgehead atoms. The molecule has 1 saturated heterocycles. The molecular formula is C13H17Br2NO2. The lowest BCUT2D eigenvalue weighted by Crippen LogP contribution is -2.19. The van der Waals surface area contributed by atoms with Gasteiger partial charge in [0.15, 0.2) is 0 Å². The number of rotatable bonds is 4. The third-order valence-electron chi connectivity index (χ3n) is 3.08. The van der Waals surface area contributed by atoms with Crippen molar-refractivity contribution in [1.29, 1.82) is 0 Å². The van der Waals surface area contributed by atoms with E-state index in [0.29, 0.717) is 12.2 Å². The maximum absolute atomic E-state index is 5.78. The van der Waals surface area contributed by atoms with E-state index in [9.17, 15) is 0 Å². The van der Waals surface area contributed by atoms with E-state index in [1.807, 2.05) is 12.1 Å². The van der Waals surface area contributed by atoms with Crippen LogP contribution in [0, 0.1) is 0 Å². The third-order valence-corrected chi connectivity index (χ3v) is 4.36. The summed E-state index contributed by atoms with van der Waals surface area (Å²) in [6.07, 6.45) is 2.97. The lowest BCUT2D eigenvalue weighted by atomic mass is 10.2. The van der Waals surface area contributed by atoms with Crippen molar-refractivity contribution in [2.24, 2.45) is 0 Å². The van der Waals surface area contributed by atoms with Crippen molar-refractivity contribution >= 4 is 37.5 Å². The molecule has 1 aliphatic heterocycles. The number of benzene rings is 1. The van der Waals surface area contributed by atoms with Gasteiger partial charge in [0.25, 0.3) is 0 Å². The molecule has 1 fully saturated rings. The van der Waals surface area contributed by atoms with Crippen molar-refractivity contribution in [3.63, 3.8) is 0 Å². The SMILES string of the molecule is COc1cc(NCC2CCC(C)O2)c(Br)cc1Br. The Balaban J connectivity index is 2.00. The highest BCUT2D eigenvalue weighted by Crippen LogP contribution is 2.34. The number of methoxy groups -OCH3 is 1. The molecule has 18 heavy (non-hydrogen) atoms. The van der Waals surface area contributed by atoms with Crippen LogP contribution in [0.25, 0.3) is 0 Å². The van der Waals surface area contributed by atoms with E-state index < -0.39 is 0 Å². The zero-order valence-electron chi connectivity index (χ0n) is 10.5. The summed E-state index contributed by atoms with van der Waals surface area (Å²) in [5.41, 5.74) is 1.03. The molecule has 1 aromatic carbocycles. The first-order valence-electron chi connectivity index (χ1n) is 6.02. The average Bonchev–Trinajstić information content (AvgIpc) is 2.74. The van der Waals surface area contributed by atoms with Crippen molar-refractivity contribution in [3.8, 4) is 5.75 Å². The van der Waals surface area contributed by atoms with E-state index in [1.54, 1.807) is 7.11 Å². The van der Waals surface area contributed by atoms with Gasteiger partial charge in [-0.2, -0.15) is 0 Å². The monoisotopic (exact) mass is 377 g/mol. The highest BCUT2D eigenvalue weighted by atomic mass is 79.9. The first kappa shape index (κ1) is 14.2. The maximum atomic E-state index is 5.78. The van der Waals surface area contributed by atoms with Gasteiger partial charge in [-0.05, 0) is 57.7 Å². The summed E-state index contributed by atoms with van der Waals surface area (Å²) in [6, 6.07) is 3.96. The van der Waals surface area contributed by atoms with Crippen molar-refractivity contribution in [3.05, 3.63) is 21.1 Å². The molecule has 0 aromatic heterocycles. The Labute approximate surface area is 124 Å². The van der Waals surface area contributed by atoms with Crippen molar-refractivity contribution in [2.75, 3.05) is 19.0 Å². The molecule has 0 aliphatic carbocycles. The van der Waals surface area contributed by atoms with E-state index in [1.165, 1.54) is 0 Å². The van der Waals surface area contributed by atoms with Crippen LogP contribution in [-0.4, -0.2) is 25.9 Å². The molecule has 2 atom stereocenters. The normalized spacial score (nSPS) is 23.1. The molecule has 0 amide bonds. The number of halogens is 2. The summed E-state index contributed by atoms with van der Waals surface area (Å²) >= 11 is 7.00. The second-order valence-electron chi connectivity index (χ2n) is 4.49. The van der Waals surface area contributed by atoms with Gasteiger partial charge in [-0.1, -0.05) is 0 Å². The number of hydrogen-bond donors (Lipinski definition) is 1. The smallest absolute Gasteiger partial charge is 0.135 e. The molecule has 0 saturated carbocycles. The summed E-state index contributed by atoms with van der Waals surface area (Å²) in [5, 5.41) is 3.40. The zero-order valence-corrected chi connectivity index (χ0v) is 13.7. The van der Waals surface area contributed by atoms with Gasteiger partial charge < -0.3 is 14.8 Å². The van der Waals surface area contributed by atoms with E-state index in [-0.39, 0.29) is 0 Å². The number of nitrogens with one attached hydrogen (secondary N) is 1. The van der Waals surface area contributed by atoms with Crippen LogP contribution in [0.1, 0.15) is 19.8 Å². The zero-order chi connectivity index (χ0) is 13.1. The average molecular weight is 379 g/mol. The molecule has 1 N–H and O–H groups in total. The summed E-state index contributed by atoms with van der Waals surface area (Å²) < 4.78 is 13.0. The van der Waals surface area contributed by atoms with Crippen molar-refractivity contribution in [1.82, 2.24) is 0 Å². The fraction of sp³-hybridized carbons (Fsp3) is 0.538. The molecular weight excluding hydrogens is 362 g/mol. The van der Waals surface area contributed by atoms with Crippen LogP contribution >= 0.6 is 31.9 Å². The van der Waals surface area contributed by atoms with Gasteiger partial charge in [0.2, 0.25) is 0 Å². The molecule has 0 radical (unpaired) electrons. The van der Waals surface area contributed by atoms with Crippen LogP contribution < -0.4 is 10.1 Å². The third kappa shape index (κ3) is 3.39. The van der Waals surface area contributed by atoms with Gasteiger partial charge in [-0.25, -0.2) is 0 Å². The maximum Gasteiger partial charge on any atom is 0.135 e. The summed E-state index contributed by atoms with van der Waals surface area (Å²) in [5.74, 6) is 0.821. The predicted octanol–water partition coefficient (Wildman–Crippen LogP) is 4.20. The van der Waals surface area contributed by atoms with Crippen molar-refractivity contribution in [2.45, 2.75) is 32.0 Å². The standard InChI is InChI=1S/C13H17Br2NO2/c1-8-3-4-9(18-8)7-16-12-6-13(17-2)11(15)5-10(12)14/h5-6,8-9,16H,3-4,7H2,1-2H3. The van der Waals surface area contributed by atoms with E-state index in [4.69, 9.17) is 9.47 Å². The molecule has 1 aliphatic rings. The summed E-state index contributed by atoms with van der Waals surface area (Å²) in [6.45, 7) is 2.95. The Morgan fingerprint density at radius 1 is 1.33 bits per heavy atom. The van der Waals surface area contributed by atoms with E-state index >= 15 is 0 Å². The molecule has 2 rings (SSSR count). The molecule has 2 unspecified atom stereocenters. The minimum absolute atomic E-state index is 0.307. The van der Waals surface area contributed by atoms with E-state index in [0.717, 1.165) is 39.8 Å². The predicted molar refractivity (Wildman–Crippen MR) is 80.5 cm³/mol. The molecule has 0 spiro atoms. The van der Waals surface area contributed by atoms with Gasteiger partial charge in [0.1, 0.15) is 5.75 Å². The lowest BCUT2D eigenvalue weighted by Gasteiger charge is -2.15. The van der Waals surface area contributed by atoms with Crippen LogP contribution in [0.5, 0.6) is 5.75 Å². The van der Waals surface area contributed by atoms with Crippen LogP contribution in [0.15, 0.2) is 21.1 Å². The Bertz CT molecular complexity index is 426.